The van der Waals surface area contributed by atoms with Crippen molar-refractivity contribution in [2.24, 2.45) is 4.99 Å². The number of aliphatic imine (C=N–C) groups is 1. The Kier molecular flexibility index (Phi) is 7.95. The van der Waals surface area contributed by atoms with Crippen molar-refractivity contribution >= 4 is 68.1 Å². The molecular formula is C26H20BrClN2O4S. The van der Waals surface area contributed by atoms with Gasteiger partial charge in [-0.25, -0.2) is 9.79 Å². The molecule has 1 aliphatic rings. The number of esters is 1. The van der Waals surface area contributed by atoms with Crippen LogP contribution in [-0.4, -0.2) is 36.1 Å². The van der Waals surface area contributed by atoms with Crippen LogP contribution in [0.15, 0.2) is 81.1 Å². The molecule has 0 radical (unpaired) electrons. The summed E-state index contributed by atoms with van der Waals surface area (Å²) in [6.45, 7) is 0.342. The van der Waals surface area contributed by atoms with Gasteiger partial charge in [-0.3, -0.25) is 9.69 Å². The van der Waals surface area contributed by atoms with Crippen LogP contribution in [0.2, 0.25) is 5.02 Å². The molecule has 4 rings (SSSR count). The molecule has 178 valence electrons. The van der Waals surface area contributed by atoms with E-state index in [1.54, 1.807) is 37.4 Å². The topological polar surface area (TPSA) is 68.2 Å². The number of rotatable bonds is 6. The predicted molar refractivity (Wildman–Crippen MR) is 143 cm³/mol. The minimum atomic E-state index is -0.444. The van der Waals surface area contributed by atoms with Gasteiger partial charge in [-0.1, -0.05) is 41.9 Å². The normalized spacial score (nSPS) is 15.7. The molecule has 1 heterocycles. The fourth-order valence-corrected chi connectivity index (χ4v) is 4.92. The summed E-state index contributed by atoms with van der Waals surface area (Å²) in [6.07, 6.45) is 1.81. The smallest absolute Gasteiger partial charge is 0.337 e. The van der Waals surface area contributed by atoms with E-state index in [1.807, 2.05) is 42.5 Å². The summed E-state index contributed by atoms with van der Waals surface area (Å²) >= 11 is 11.0. The molecule has 0 aromatic heterocycles. The van der Waals surface area contributed by atoms with Gasteiger partial charge in [0.05, 0.1) is 27.7 Å². The highest BCUT2D eigenvalue weighted by atomic mass is 79.9. The maximum Gasteiger partial charge on any atom is 0.337 e. The van der Waals surface area contributed by atoms with Gasteiger partial charge in [0.15, 0.2) is 5.17 Å². The van der Waals surface area contributed by atoms with Crippen molar-refractivity contribution in [3.8, 4) is 5.75 Å². The predicted octanol–water partition coefficient (Wildman–Crippen LogP) is 6.70. The second kappa shape index (κ2) is 11.1. The van der Waals surface area contributed by atoms with Gasteiger partial charge in [0, 0.05) is 17.6 Å². The molecule has 0 unspecified atom stereocenters. The molecule has 0 aliphatic carbocycles. The van der Waals surface area contributed by atoms with Crippen molar-refractivity contribution in [1.82, 2.24) is 4.90 Å². The number of likely N-dealkylation sites (N-methyl/N-ethyl adjacent to an activating group) is 1. The van der Waals surface area contributed by atoms with Gasteiger partial charge in [0.1, 0.15) is 12.4 Å². The Morgan fingerprint density at radius 2 is 1.94 bits per heavy atom. The molecule has 0 spiro atoms. The molecule has 0 atom stereocenters. The first-order valence-electron chi connectivity index (χ1n) is 10.5. The van der Waals surface area contributed by atoms with Crippen molar-refractivity contribution in [3.05, 3.63) is 97.8 Å². The maximum atomic E-state index is 12.8. The van der Waals surface area contributed by atoms with Gasteiger partial charge in [-0.15, -0.1) is 0 Å². The van der Waals surface area contributed by atoms with Gasteiger partial charge >= 0.3 is 5.97 Å². The highest BCUT2D eigenvalue weighted by Crippen LogP contribution is 2.35. The van der Waals surface area contributed by atoms with Gasteiger partial charge < -0.3 is 9.47 Å². The minimum absolute atomic E-state index is 0.159. The number of benzene rings is 3. The molecule has 1 fully saturated rings. The average molecular weight is 572 g/mol. The van der Waals surface area contributed by atoms with E-state index in [0.717, 1.165) is 15.6 Å². The number of carbonyl (C=O) groups excluding carboxylic acids is 2. The first kappa shape index (κ1) is 25.0. The number of hydrogen-bond donors (Lipinski definition) is 0. The lowest BCUT2D eigenvalue weighted by atomic mass is 10.2. The molecule has 35 heavy (non-hydrogen) atoms. The van der Waals surface area contributed by atoms with Crippen molar-refractivity contribution < 1.29 is 19.1 Å². The second-order valence-corrected chi connectivity index (χ2v) is 9.75. The largest absolute Gasteiger partial charge is 0.488 e. The molecule has 0 N–H and O–H groups in total. The molecule has 3 aromatic rings. The average Bonchev–Trinajstić information content (AvgIpc) is 3.11. The molecule has 6 nitrogen and oxygen atoms in total. The van der Waals surface area contributed by atoms with E-state index in [0.29, 0.717) is 38.7 Å². The second-order valence-electron chi connectivity index (χ2n) is 7.48. The fourth-order valence-electron chi connectivity index (χ4n) is 3.23. The van der Waals surface area contributed by atoms with Crippen LogP contribution >= 0.6 is 39.3 Å². The Balaban J connectivity index is 1.50. The number of nitrogens with zero attached hydrogens (tertiary/aromatic N) is 2. The van der Waals surface area contributed by atoms with Crippen LogP contribution in [0.3, 0.4) is 0 Å². The summed E-state index contributed by atoms with van der Waals surface area (Å²) in [5.74, 6) is 0.0661. The summed E-state index contributed by atoms with van der Waals surface area (Å²) in [5, 5.41) is 1.17. The molecule has 1 saturated heterocycles. The van der Waals surface area contributed by atoms with E-state index in [1.165, 1.54) is 23.8 Å². The standard InChI is InChI=1S/C26H20BrClN2O4S/c1-30-24(31)23(35-26(30)29-19-8-5-7-17(14-19)25(32)33-2)13-16-10-11-22(20(27)12-16)34-15-18-6-3-4-9-21(18)28/h3-14H,15H2,1-2H3. The number of halogens is 2. The number of ether oxygens (including phenoxy) is 2. The zero-order chi connectivity index (χ0) is 24.9. The van der Waals surface area contributed by atoms with Crippen LogP contribution < -0.4 is 4.74 Å². The van der Waals surface area contributed by atoms with Gasteiger partial charge in [-0.2, -0.15) is 0 Å². The van der Waals surface area contributed by atoms with Crippen LogP contribution in [0, 0.1) is 0 Å². The minimum Gasteiger partial charge on any atom is -0.488 e. The Bertz CT molecular complexity index is 1360. The number of methoxy groups -OCH3 is 1. The lowest BCUT2D eigenvalue weighted by molar-refractivity contribution is -0.121. The first-order valence-corrected chi connectivity index (χ1v) is 12.4. The summed E-state index contributed by atoms with van der Waals surface area (Å²) in [4.78, 5) is 31.2. The zero-order valence-electron chi connectivity index (χ0n) is 18.8. The van der Waals surface area contributed by atoms with Crippen molar-refractivity contribution in [2.75, 3.05) is 14.2 Å². The summed E-state index contributed by atoms with van der Waals surface area (Å²) in [7, 11) is 2.99. The Hall–Kier alpha value is -3.07. The number of thioether (sulfide) groups is 1. The van der Waals surface area contributed by atoms with Crippen LogP contribution in [-0.2, 0) is 16.1 Å². The van der Waals surface area contributed by atoms with Gasteiger partial charge in [0.25, 0.3) is 5.91 Å². The third-order valence-electron chi connectivity index (χ3n) is 5.09. The number of carbonyl (C=O) groups is 2. The van der Waals surface area contributed by atoms with Crippen LogP contribution in [0.1, 0.15) is 21.5 Å². The quantitative estimate of drug-likeness (QED) is 0.243. The van der Waals surface area contributed by atoms with Gasteiger partial charge in [0.2, 0.25) is 0 Å². The molecule has 0 bridgehead atoms. The first-order chi connectivity index (χ1) is 16.9. The highest BCUT2D eigenvalue weighted by molar-refractivity contribution is 9.10. The SMILES string of the molecule is COC(=O)c1cccc(N=C2SC(=Cc3ccc(OCc4ccccc4Cl)c(Br)c3)C(=O)N2C)c1. The van der Waals surface area contributed by atoms with E-state index in [-0.39, 0.29) is 5.91 Å². The highest BCUT2D eigenvalue weighted by Gasteiger charge is 2.30. The number of hydrogen-bond acceptors (Lipinski definition) is 6. The van der Waals surface area contributed by atoms with Crippen LogP contribution in [0.4, 0.5) is 5.69 Å². The van der Waals surface area contributed by atoms with E-state index >= 15 is 0 Å². The number of amides is 1. The van der Waals surface area contributed by atoms with E-state index in [9.17, 15) is 9.59 Å². The monoisotopic (exact) mass is 570 g/mol. The summed E-state index contributed by atoms with van der Waals surface area (Å²) in [6, 6.07) is 19.9. The molecule has 3 aromatic carbocycles. The Labute approximate surface area is 220 Å². The van der Waals surface area contributed by atoms with Crippen molar-refractivity contribution in [2.45, 2.75) is 6.61 Å². The maximum absolute atomic E-state index is 12.8. The summed E-state index contributed by atoms with van der Waals surface area (Å²) < 4.78 is 11.4. The Morgan fingerprint density at radius 1 is 1.14 bits per heavy atom. The third-order valence-corrected chi connectivity index (χ3v) is 7.14. The Morgan fingerprint density at radius 3 is 2.69 bits per heavy atom. The van der Waals surface area contributed by atoms with Crippen molar-refractivity contribution in [1.29, 1.82) is 0 Å². The molecule has 0 saturated carbocycles. The number of amidine groups is 1. The fraction of sp³-hybridized carbons (Fsp3) is 0.115. The zero-order valence-corrected chi connectivity index (χ0v) is 22.0. The third kappa shape index (κ3) is 5.96. The van der Waals surface area contributed by atoms with E-state index in [4.69, 9.17) is 21.1 Å². The lowest BCUT2D eigenvalue weighted by Crippen LogP contribution is -2.23. The molecule has 9 heteroatoms. The van der Waals surface area contributed by atoms with Crippen LogP contribution in [0.25, 0.3) is 6.08 Å². The molecular weight excluding hydrogens is 552 g/mol. The molecule has 1 aliphatic heterocycles. The van der Waals surface area contributed by atoms with E-state index < -0.39 is 5.97 Å². The molecule has 1 amide bonds. The van der Waals surface area contributed by atoms with E-state index in [2.05, 4.69) is 20.9 Å². The lowest BCUT2D eigenvalue weighted by Gasteiger charge is -2.10. The van der Waals surface area contributed by atoms with Crippen LogP contribution in [0.5, 0.6) is 5.75 Å². The van der Waals surface area contributed by atoms with Gasteiger partial charge in [-0.05, 0) is 75.7 Å². The van der Waals surface area contributed by atoms with Crippen molar-refractivity contribution in [3.63, 3.8) is 0 Å². The summed E-state index contributed by atoms with van der Waals surface area (Å²) in [5.41, 5.74) is 2.68.